The van der Waals surface area contributed by atoms with Crippen molar-refractivity contribution in [3.8, 4) is 11.1 Å². The summed E-state index contributed by atoms with van der Waals surface area (Å²) in [6.07, 6.45) is 1.65. The van der Waals surface area contributed by atoms with E-state index in [1.54, 1.807) is 32.0 Å². The van der Waals surface area contributed by atoms with Crippen molar-refractivity contribution in [1.29, 1.82) is 0 Å². The van der Waals surface area contributed by atoms with Crippen LogP contribution in [0.4, 0.5) is 10.6 Å². The molecule has 0 unspecified atom stereocenters. The van der Waals surface area contributed by atoms with Crippen LogP contribution in [0, 0.1) is 0 Å². The Morgan fingerprint density at radius 2 is 1.85 bits per heavy atom. The maximum atomic E-state index is 11.8. The lowest BCUT2D eigenvalue weighted by Crippen LogP contribution is -2.44. The standard InChI is InChI=1S/C17H21N5O3S.ClH/c1-17(2,21-26(18,24)25)12-6-4-11(5-7-12)13-8-9-19-15-14(13)10-22(3)16(23)20-15;/h4-9,21H,10H2,1-3H3,(H2,18,24,25)(H,19,20,23);1H. The average Bonchev–Trinajstić information content (AvgIpc) is 2.53. The van der Waals surface area contributed by atoms with Crippen molar-refractivity contribution < 1.29 is 13.2 Å². The Balaban J connectivity index is 0.00000261. The Labute approximate surface area is 164 Å². The molecule has 1 aliphatic rings. The molecule has 27 heavy (non-hydrogen) atoms. The first-order valence-corrected chi connectivity index (χ1v) is 9.54. The minimum Gasteiger partial charge on any atom is -0.323 e. The predicted octanol–water partition coefficient (Wildman–Crippen LogP) is 2.18. The fourth-order valence-corrected chi connectivity index (χ4v) is 3.85. The monoisotopic (exact) mass is 411 g/mol. The molecule has 2 heterocycles. The Morgan fingerprint density at radius 1 is 1.22 bits per heavy atom. The van der Waals surface area contributed by atoms with E-state index in [1.165, 1.54) is 0 Å². The normalized spacial score (nSPS) is 14.2. The number of pyridine rings is 1. The molecule has 0 fully saturated rings. The Bertz CT molecular complexity index is 961. The van der Waals surface area contributed by atoms with Crippen LogP contribution in [0.15, 0.2) is 36.5 Å². The molecule has 0 atom stereocenters. The van der Waals surface area contributed by atoms with Gasteiger partial charge in [0.05, 0.1) is 12.1 Å². The van der Waals surface area contributed by atoms with Gasteiger partial charge in [0.15, 0.2) is 0 Å². The van der Waals surface area contributed by atoms with Gasteiger partial charge in [-0.1, -0.05) is 24.3 Å². The summed E-state index contributed by atoms with van der Waals surface area (Å²) < 4.78 is 25.1. The molecule has 0 spiro atoms. The van der Waals surface area contributed by atoms with Crippen LogP contribution < -0.4 is 15.2 Å². The zero-order chi connectivity index (χ0) is 19.1. The highest BCUT2D eigenvalue weighted by Gasteiger charge is 2.26. The molecule has 146 valence electrons. The van der Waals surface area contributed by atoms with Crippen molar-refractivity contribution in [1.82, 2.24) is 14.6 Å². The second-order valence-electron chi connectivity index (χ2n) is 6.82. The van der Waals surface area contributed by atoms with Gasteiger partial charge in [-0.3, -0.25) is 5.32 Å². The smallest absolute Gasteiger partial charge is 0.323 e. The second-order valence-corrected chi connectivity index (χ2v) is 8.12. The van der Waals surface area contributed by atoms with Crippen LogP contribution in [0.1, 0.15) is 25.0 Å². The largest absolute Gasteiger partial charge is 0.323 e. The van der Waals surface area contributed by atoms with E-state index in [0.717, 1.165) is 22.3 Å². The van der Waals surface area contributed by atoms with E-state index in [-0.39, 0.29) is 18.4 Å². The molecule has 2 amide bonds. The summed E-state index contributed by atoms with van der Waals surface area (Å²) in [7, 11) is -2.10. The minimum absolute atomic E-state index is 0. The molecule has 0 bridgehead atoms. The summed E-state index contributed by atoms with van der Waals surface area (Å²) in [6, 6.07) is 9.24. The number of nitrogens with two attached hydrogens (primary N) is 1. The molecular formula is C17H22ClN5O3S. The summed E-state index contributed by atoms with van der Waals surface area (Å²) in [6.45, 7) is 3.95. The van der Waals surface area contributed by atoms with Gasteiger partial charge in [0.25, 0.3) is 10.2 Å². The quantitative estimate of drug-likeness (QED) is 0.714. The Kier molecular flexibility index (Phi) is 5.81. The van der Waals surface area contributed by atoms with Gasteiger partial charge in [0.2, 0.25) is 0 Å². The Hall–Kier alpha value is -2.20. The number of aromatic nitrogens is 1. The number of halogens is 1. The number of amides is 2. The van der Waals surface area contributed by atoms with Gasteiger partial charge in [0, 0.05) is 18.8 Å². The van der Waals surface area contributed by atoms with Gasteiger partial charge in [0.1, 0.15) is 5.82 Å². The van der Waals surface area contributed by atoms with Crippen molar-refractivity contribution in [3.05, 3.63) is 47.7 Å². The zero-order valence-corrected chi connectivity index (χ0v) is 16.8. The number of anilines is 1. The van der Waals surface area contributed by atoms with Crippen molar-refractivity contribution >= 4 is 34.5 Å². The number of nitrogens with zero attached hydrogens (tertiary/aromatic N) is 2. The fourth-order valence-electron chi connectivity index (χ4n) is 3.02. The minimum atomic E-state index is -3.82. The topological polar surface area (TPSA) is 117 Å². The number of hydrogen-bond donors (Lipinski definition) is 3. The Morgan fingerprint density at radius 3 is 2.44 bits per heavy atom. The van der Waals surface area contributed by atoms with Crippen molar-refractivity contribution in [3.63, 3.8) is 0 Å². The third-order valence-corrected chi connectivity index (χ3v) is 5.13. The van der Waals surface area contributed by atoms with E-state index < -0.39 is 15.7 Å². The third kappa shape index (κ3) is 4.56. The maximum absolute atomic E-state index is 11.8. The average molecular weight is 412 g/mol. The van der Waals surface area contributed by atoms with Crippen LogP contribution in [-0.4, -0.2) is 31.4 Å². The van der Waals surface area contributed by atoms with Crippen LogP contribution in [0.2, 0.25) is 0 Å². The molecule has 3 rings (SSSR count). The lowest BCUT2D eigenvalue weighted by molar-refractivity contribution is 0.218. The molecule has 4 N–H and O–H groups in total. The summed E-state index contributed by atoms with van der Waals surface area (Å²) in [5.41, 5.74) is 2.79. The first-order valence-electron chi connectivity index (χ1n) is 7.99. The predicted molar refractivity (Wildman–Crippen MR) is 107 cm³/mol. The molecule has 1 aliphatic heterocycles. The second kappa shape index (κ2) is 7.43. The summed E-state index contributed by atoms with van der Waals surface area (Å²) in [5.74, 6) is 0.561. The van der Waals surface area contributed by atoms with E-state index in [2.05, 4.69) is 15.0 Å². The molecule has 1 aromatic heterocycles. The van der Waals surface area contributed by atoms with Gasteiger partial charge < -0.3 is 4.90 Å². The summed E-state index contributed by atoms with van der Waals surface area (Å²) in [5, 5.41) is 7.86. The molecule has 0 radical (unpaired) electrons. The van der Waals surface area contributed by atoms with Crippen LogP contribution in [0.3, 0.4) is 0 Å². The highest BCUT2D eigenvalue weighted by atomic mass is 35.5. The number of fused-ring (bicyclic) bond motifs is 1. The zero-order valence-electron chi connectivity index (χ0n) is 15.2. The van der Waals surface area contributed by atoms with Gasteiger partial charge in [-0.05, 0) is 36.6 Å². The van der Waals surface area contributed by atoms with E-state index in [9.17, 15) is 13.2 Å². The highest BCUT2D eigenvalue weighted by Crippen LogP contribution is 2.32. The van der Waals surface area contributed by atoms with Crippen molar-refractivity contribution in [2.45, 2.75) is 25.9 Å². The lowest BCUT2D eigenvalue weighted by Gasteiger charge is -2.27. The molecular weight excluding hydrogens is 390 g/mol. The molecule has 10 heteroatoms. The van der Waals surface area contributed by atoms with E-state index in [0.29, 0.717) is 12.4 Å². The number of nitrogens with one attached hydrogen (secondary N) is 2. The number of benzene rings is 1. The molecule has 2 aromatic rings. The molecule has 1 aromatic carbocycles. The van der Waals surface area contributed by atoms with E-state index in [1.807, 2.05) is 30.3 Å². The van der Waals surface area contributed by atoms with Crippen LogP contribution in [-0.2, 0) is 22.3 Å². The van der Waals surface area contributed by atoms with Crippen LogP contribution in [0.5, 0.6) is 0 Å². The number of hydrogen-bond acceptors (Lipinski definition) is 4. The fraction of sp³-hybridized carbons (Fsp3) is 0.294. The van der Waals surface area contributed by atoms with Gasteiger partial charge >= 0.3 is 6.03 Å². The van der Waals surface area contributed by atoms with Crippen molar-refractivity contribution in [2.24, 2.45) is 5.14 Å². The number of urea groups is 1. The van der Waals surface area contributed by atoms with Crippen molar-refractivity contribution in [2.75, 3.05) is 12.4 Å². The highest BCUT2D eigenvalue weighted by molar-refractivity contribution is 7.87. The van der Waals surface area contributed by atoms with Gasteiger partial charge in [-0.25, -0.2) is 14.9 Å². The molecule has 0 saturated heterocycles. The van der Waals surface area contributed by atoms with E-state index in [4.69, 9.17) is 5.14 Å². The molecule has 0 aliphatic carbocycles. The van der Waals surface area contributed by atoms with Gasteiger partial charge in [-0.15, -0.1) is 12.4 Å². The first-order chi connectivity index (χ1) is 12.1. The maximum Gasteiger partial charge on any atom is 0.323 e. The van der Waals surface area contributed by atoms with Crippen LogP contribution in [0.25, 0.3) is 11.1 Å². The SMILES string of the molecule is CN1Cc2c(-c3ccc(C(C)(C)NS(N)(=O)=O)cc3)ccnc2NC1=O.Cl. The first kappa shape index (κ1) is 21.1. The number of rotatable bonds is 4. The van der Waals surface area contributed by atoms with E-state index >= 15 is 0 Å². The number of carbonyl (C=O) groups is 1. The molecule has 0 saturated carbocycles. The molecule has 8 nitrogen and oxygen atoms in total. The van der Waals surface area contributed by atoms with Gasteiger partial charge in [-0.2, -0.15) is 13.1 Å². The van der Waals surface area contributed by atoms with Crippen LogP contribution >= 0.6 is 12.4 Å². The summed E-state index contributed by atoms with van der Waals surface area (Å²) >= 11 is 0. The number of carbonyl (C=O) groups excluding carboxylic acids is 1. The summed E-state index contributed by atoms with van der Waals surface area (Å²) in [4.78, 5) is 17.6. The lowest BCUT2D eigenvalue weighted by atomic mass is 9.92. The third-order valence-electron chi connectivity index (χ3n) is 4.34.